The van der Waals surface area contributed by atoms with Crippen LogP contribution in [0.3, 0.4) is 0 Å². The van der Waals surface area contributed by atoms with Gasteiger partial charge in [0, 0.05) is 5.33 Å². The minimum Gasteiger partial charge on any atom is -0.496 e. The third-order valence-corrected chi connectivity index (χ3v) is 3.85. The lowest BCUT2D eigenvalue weighted by molar-refractivity contribution is 0.264. The first-order chi connectivity index (χ1) is 7.49. The fourth-order valence-electron chi connectivity index (χ4n) is 1.73. The Hall–Kier alpha value is -0.500. The summed E-state index contributed by atoms with van der Waals surface area (Å²) in [6.07, 6.45) is 1.05. The van der Waals surface area contributed by atoms with Crippen molar-refractivity contribution in [3.63, 3.8) is 0 Å². The van der Waals surface area contributed by atoms with E-state index in [2.05, 4.69) is 48.8 Å². The molecule has 0 bridgehead atoms. The predicted octanol–water partition coefficient (Wildman–Crippen LogP) is 4.29. The molecule has 1 atom stereocenters. The first kappa shape index (κ1) is 13.6. The maximum Gasteiger partial charge on any atom is 0.122 e. The third-order valence-electron chi connectivity index (χ3n) is 3.07. The van der Waals surface area contributed by atoms with Crippen LogP contribution in [-0.2, 0) is 6.42 Å². The number of methoxy groups -OCH3 is 1. The summed E-state index contributed by atoms with van der Waals surface area (Å²) in [6, 6.07) is 8.28. The number of hydrogen-bond donors (Lipinski definition) is 0. The zero-order valence-electron chi connectivity index (χ0n) is 10.6. The van der Waals surface area contributed by atoms with Gasteiger partial charge in [-0.2, -0.15) is 0 Å². The maximum absolute atomic E-state index is 5.39. The molecule has 90 valence electrons. The molecule has 0 aliphatic carbocycles. The molecule has 0 aromatic heterocycles. The van der Waals surface area contributed by atoms with Gasteiger partial charge in [-0.25, -0.2) is 0 Å². The molecule has 0 radical (unpaired) electrons. The van der Waals surface area contributed by atoms with Crippen molar-refractivity contribution in [1.82, 2.24) is 0 Å². The largest absolute Gasteiger partial charge is 0.496 e. The summed E-state index contributed by atoms with van der Waals surface area (Å²) in [7, 11) is 1.74. The van der Waals surface area contributed by atoms with Crippen LogP contribution in [0.4, 0.5) is 0 Å². The number of benzene rings is 1. The second-order valence-corrected chi connectivity index (χ2v) is 5.88. The molecular weight excluding hydrogens is 264 g/mol. The minimum atomic E-state index is 0.310. The van der Waals surface area contributed by atoms with E-state index >= 15 is 0 Å². The summed E-state index contributed by atoms with van der Waals surface area (Å²) >= 11 is 3.61. The molecule has 0 saturated heterocycles. The second-order valence-electron chi connectivity index (χ2n) is 5.23. The van der Waals surface area contributed by atoms with Gasteiger partial charge in [-0.15, -0.1) is 0 Å². The molecular formula is C14H21BrO. The van der Waals surface area contributed by atoms with Crippen LogP contribution in [0.2, 0.25) is 0 Å². The highest BCUT2D eigenvalue weighted by atomic mass is 79.9. The Balaban J connectivity index is 2.86. The van der Waals surface area contributed by atoms with Crippen molar-refractivity contribution in [3.05, 3.63) is 29.8 Å². The Morgan fingerprint density at radius 3 is 2.38 bits per heavy atom. The average Bonchev–Trinajstić information content (AvgIpc) is 2.24. The summed E-state index contributed by atoms with van der Waals surface area (Å²) in [6.45, 7) is 6.86. The van der Waals surface area contributed by atoms with Crippen molar-refractivity contribution in [2.24, 2.45) is 11.3 Å². The van der Waals surface area contributed by atoms with Crippen LogP contribution in [0, 0.1) is 11.3 Å². The topological polar surface area (TPSA) is 9.23 Å². The Morgan fingerprint density at radius 1 is 1.25 bits per heavy atom. The fourth-order valence-corrected chi connectivity index (χ4v) is 2.93. The Labute approximate surface area is 107 Å². The van der Waals surface area contributed by atoms with Crippen molar-refractivity contribution < 1.29 is 4.74 Å². The lowest BCUT2D eigenvalue weighted by Crippen LogP contribution is -2.24. The molecule has 0 fully saturated rings. The summed E-state index contributed by atoms with van der Waals surface area (Å²) in [5.74, 6) is 1.61. The van der Waals surface area contributed by atoms with E-state index in [4.69, 9.17) is 4.74 Å². The van der Waals surface area contributed by atoms with Crippen LogP contribution in [0.25, 0.3) is 0 Å². The average molecular weight is 285 g/mol. The van der Waals surface area contributed by atoms with Gasteiger partial charge >= 0.3 is 0 Å². The lowest BCUT2D eigenvalue weighted by atomic mass is 9.78. The molecule has 0 spiro atoms. The first-order valence-electron chi connectivity index (χ1n) is 5.67. The Kier molecular flexibility index (Phi) is 4.85. The zero-order valence-corrected chi connectivity index (χ0v) is 12.2. The van der Waals surface area contributed by atoms with Crippen molar-refractivity contribution in [2.75, 3.05) is 12.4 Å². The number of hydrogen-bond acceptors (Lipinski definition) is 1. The number of halogens is 1. The molecule has 0 saturated carbocycles. The lowest BCUT2D eigenvalue weighted by Gasteiger charge is -2.29. The highest BCUT2D eigenvalue weighted by molar-refractivity contribution is 9.09. The van der Waals surface area contributed by atoms with E-state index in [1.807, 2.05) is 12.1 Å². The summed E-state index contributed by atoms with van der Waals surface area (Å²) in [5, 5.41) is 1.02. The number of alkyl halides is 1. The van der Waals surface area contributed by atoms with Crippen molar-refractivity contribution in [2.45, 2.75) is 27.2 Å². The van der Waals surface area contributed by atoms with Gasteiger partial charge in [0.15, 0.2) is 0 Å². The van der Waals surface area contributed by atoms with Crippen LogP contribution in [0.15, 0.2) is 24.3 Å². The smallest absolute Gasteiger partial charge is 0.122 e. The molecule has 16 heavy (non-hydrogen) atoms. The third kappa shape index (κ3) is 3.51. The van der Waals surface area contributed by atoms with E-state index in [-0.39, 0.29) is 0 Å². The van der Waals surface area contributed by atoms with Gasteiger partial charge in [-0.3, -0.25) is 0 Å². The summed E-state index contributed by atoms with van der Waals surface area (Å²) in [4.78, 5) is 0. The molecule has 0 heterocycles. The SMILES string of the molecule is COc1ccccc1CC(CBr)C(C)(C)C. The fraction of sp³-hybridized carbons (Fsp3) is 0.571. The van der Waals surface area contributed by atoms with Gasteiger partial charge in [0.05, 0.1) is 7.11 Å². The van der Waals surface area contributed by atoms with Crippen molar-refractivity contribution in [3.8, 4) is 5.75 Å². The molecule has 2 heteroatoms. The van der Waals surface area contributed by atoms with Crippen LogP contribution >= 0.6 is 15.9 Å². The second kappa shape index (κ2) is 5.72. The molecule has 1 nitrogen and oxygen atoms in total. The van der Waals surface area contributed by atoms with Crippen LogP contribution in [-0.4, -0.2) is 12.4 Å². The quantitative estimate of drug-likeness (QED) is 0.750. The molecule has 1 rings (SSSR count). The van der Waals surface area contributed by atoms with Crippen molar-refractivity contribution >= 4 is 15.9 Å². The van der Waals surface area contributed by atoms with E-state index in [1.54, 1.807) is 7.11 Å². The van der Waals surface area contributed by atoms with Gasteiger partial charge in [0.25, 0.3) is 0 Å². The van der Waals surface area contributed by atoms with Gasteiger partial charge in [0.1, 0.15) is 5.75 Å². The van der Waals surface area contributed by atoms with Gasteiger partial charge in [-0.1, -0.05) is 54.9 Å². The van der Waals surface area contributed by atoms with Crippen LogP contribution in [0.1, 0.15) is 26.3 Å². The molecule has 0 N–H and O–H groups in total. The normalized spacial score (nSPS) is 13.6. The Morgan fingerprint density at radius 2 is 1.88 bits per heavy atom. The number of para-hydroxylation sites is 1. The van der Waals surface area contributed by atoms with Crippen LogP contribution in [0.5, 0.6) is 5.75 Å². The van der Waals surface area contributed by atoms with Crippen molar-refractivity contribution in [1.29, 1.82) is 0 Å². The summed E-state index contributed by atoms with van der Waals surface area (Å²) in [5.41, 5.74) is 1.61. The predicted molar refractivity (Wildman–Crippen MR) is 73.4 cm³/mol. The van der Waals surface area contributed by atoms with E-state index in [0.717, 1.165) is 17.5 Å². The highest BCUT2D eigenvalue weighted by Gasteiger charge is 2.24. The molecule has 0 aliphatic rings. The Bertz CT molecular complexity index is 328. The van der Waals surface area contributed by atoms with E-state index < -0.39 is 0 Å². The van der Waals surface area contributed by atoms with Gasteiger partial charge in [0.2, 0.25) is 0 Å². The van der Waals surface area contributed by atoms with Gasteiger partial charge in [-0.05, 0) is 29.4 Å². The number of ether oxygens (including phenoxy) is 1. The molecule has 1 aromatic rings. The van der Waals surface area contributed by atoms with E-state index in [1.165, 1.54) is 5.56 Å². The molecule has 1 unspecified atom stereocenters. The van der Waals surface area contributed by atoms with E-state index in [0.29, 0.717) is 11.3 Å². The maximum atomic E-state index is 5.39. The molecule has 1 aromatic carbocycles. The monoisotopic (exact) mass is 284 g/mol. The first-order valence-corrected chi connectivity index (χ1v) is 6.79. The summed E-state index contributed by atoms with van der Waals surface area (Å²) < 4.78 is 5.39. The number of rotatable bonds is 4. The van der Waals surface area contributed by atoms with Crippen LogP contribution < -0.4 is 4.74 Å². The van der Waals surface area contributed by atoms with Gasteiger partial charge < -0.3 is 4.74 Å². The molecule has 0 amide bonds. The standard InChI is InChI=1S/C14H21BrO/c1-14(2,3)12(10-15)9-11-7-5-6-8-13(11)16-4/h5-8,12H,9-10H2,1-4H3. The molecule has 0 aliphatic heterocycles. The zero-order chi connectivity index (χ0) is 12.2. The van der Waals surface area contributed by atoms with E-state index in [9.17, 15) is 0 Å². The highest BCUT2D eigenvalue weighted by Crippen LogP contribution is 2.32. The minimum absolute atomic E-state index is 0.310.